The molecule has 2 nitrogen and oxygen atoms in total. The Hall–Kier alpha value is -0.810. The molecule has 1 saturated carbocycles. The zero-order valence-electron chi connectivity index (χ0n) is 19.0. The van der Waals surface area contributed by atoms with Crippen molar-refractivity contribution >= 4 is 28.2 Å². The molecule has 3 heteroatoms. The number of alkyl halides is 1. The molecule has 0 amide bonds. The fourth-order valence-corrected chi connectivity index (χ4v) is 6.12. The Balaban J connectivity index is 1.56. The van der Waals surface area contributed by atoms with Gasteiger partial charge in [0.05, 0.1) is 6.10 Å². The molecule has 2 aliphatic carbocycles. The van der Waals surface area contributed by atoms with Crippen molar-refractivity contribution in [2.75, 3.05) is 6.54 Å². The Morgan fingerprint density at radius 1 is 0.774 bits per heavy atom. The molecule has 170 valence electrons. The van der Waals surface area contributed by atoms with Gasteiger partial charge in [0.1, 0.15) is 5.76 Å². The van der Waals surface area contributed by atoms with Gasteiger partial charge in [-0.3, -0.25) is 0 Å². The van der Waals surface area contributed by atoms with Crippen LogP contribution in [-0.4, -0.2) is 22.6 Å². The normalized spacial score (nSPS) is 31.1. The molecule has 4 rings (SSSR count). The highest BCUT2D eigenvalue weighted by molar-refractivity contribution is 14.1. The van der Waals surface area contributed by atoms with Gasteiger partial charge in [-0.15, -0.1) is 0 Å². The van der Waals surface area contributed by atoms with Crippen LogP contribution in [0.2, 0.25) is 0 Å². The lowest BCUT2D eigenvalue weighted by atomic mass is 9.83. The van der Waals surface area contributed by atoms with Crippen LogP contribution in [0, 0.1) is 5.92 Å². The first-order valence-corrected chi connectivity index (χ1v) is 14.1. The average Bonchev–Trinajstić information content (AvgIpc) is 2.82. The Morgan fingerprint density at radius 3 is 2.19 bits per heavy atom. The fraction of sp³-hybridized carbons (Fsp3) is 0.643. The lowest BCUT2D eigenvalue weighted by molar-refractivity contribution is 0.0593. The van der Waals surface area contributed by atoms with Crippen molar-refractivity contribution in [3.05, 3.63) is 53.8 Å². The van der Waals surface area contributed by atoms with Crippen molar-refractivity contribution < 1.29 is 4.74 Å². The Morgan fingerprint density at radius 2 is 1.45 bits per heavy atom. The van der Waals surface area contributed by atoms with Gasteiger partial charge in [-0.1, -0.05) is 104 Å². The predicted octanol–water partition coefficient (Wildman–Crippen LogP) is 7.83. The molecule has 1 N–H and O–H groups in total. The summed E-state index contributed by atoms with van der Waals surface area (Å²) in [7, 11) is 0. The lowest BCUT2D eigenvalue weighted by Gasteiger charge is -2.36. The second-order valence-electron chi connectivity index (χ2n) is 9.73. The molecule has 3 aliphatic rings. The topological polar surface area (TPSA) is 21.3 Å². The third-order valence-electron chi connectivity index (χ3n) is 7.29. The van der Waals surface area contributed by atoms with E-state index < -0.39 is 0 Å². The summed E-state index contributed by atoms with van der Waals surface area (Å²) >= 11 is 2.62. The molecule has 0 spiro atoms. The average molecular weight is 534 g/mol. The summed E-state index contributed by atoms with van der Waals surface area (Å²) in [6.07, 6.45) is 22.5. The summed E-state index contributed by atoms with van der Waals surface area (Å²) in [5, 5.41) is 3.94. The van der Waals surface area contributed by atoms with E-state index in [0.717, 1.165) is 10.5 Å². The standard InChI is InChI=1S/C28H40INO/c29-24-15-17-25(18-16-24)31-28-21-23(22-12-8-7-9-13-22)20-27-26(28)14-10-5-3-1-2-4-6-11-19-30-27/h7-9,12-13,20-21,24-27,30H,1-6,10-11,14-19H2. The highest BCUT2D eigenvalue weighted by Gasteiger charge is 2.31. The Bertz CT molecular complexity index is 720. The number of hydrogen-bond donors (Lipinski definition) is 1. The molecule has 1 aromatic carbocycles. The zero-order valence-corrected chi connectivity index (χ0v) is 21.2. The van der Waals surface area contributed by atoms with Gasteiger partial charge in [0, 0.05) is 15.9 Å². The fourth-order valence-electron chi connectivity index (χ4n) is 5.40. The molecule has 2 fully saturated rings. The zero-order chi connectivity index (χ0) is 21.3. The van der Waals surface area contributed by atoms with Crippen molar-refractivity contribution in [3.63, 3.8) is 0 Å². The van der Waals surface area contributed by atoms with Crippen molar-refractivity contribution in [3.8, 4) is 0 Å². The smallest absolute Gasteiger partial charge is 0.102 e. The van der Waals surface area contributed by atoms with E-state index in [9.17, 15) is 0 Å². The maximum Gasteiger partial charge on any atom is 0.102 e. The number of benzene rings is 1. The third-order valence-corrected chi connectivity index (χ3v) is 8.54. The third kappa shape index (κ3) is 7.08. The summed E-state index contributed by atoms with van der Waals surface area (Å²) in [6, 6.07) is 11.3. The number of ether oxygens (including phenoxy) is 1. The van der Waals surface area contributed by atoms with Gasteiger partial charge in [-0.2, -0.15) is 0 Å². The van der Waals surface area contributed by atoms with E-state index in [2.05, 4.69) is 70.4 Å². The SMILES string of the molecule is IC1CCC(OC2=CC(c3ccccc3)=CC3NCCCCCCCCCCC23)CC1. The molecule has 1 aromatic rings. The maximum atomic E-state index is 6.83. The summed E-state index contributed by atoms with van der Waals surface area (Å²) in [6.45, 7) is 1.12. The van der Waals surface area contributed by atoms with Crippen molar-refractivity contribution in [1.29, 1.82) is 0 Å². The molecular weight excluding hydrogens is 493 g/mol. The van der Waals surface area contributed by atoms with E-state index in [0.29, 0.717) is 18.1 Å². The maximum absolute atomic E-state index is 6.83. The van der Waals surface area contributed by atoms with E-state index in [1.807, 2.05) is 0 Å². The first-order chi connectivity index (χ1) is 15.3. The number of hydrogen-bond acceptors (Lipinski definition) is 2. The van der Waals surface area contributed by atoms with Crippen molar-refractivity contribution in [2.24, 2.45) is 5.92 Å². The molecular formula is C28H40INO. The molecule has 0 aromatic heterocycles. The van der Waals surface area contributed by atoms with Crippen LogP contribution in [-0.2, 0) is 4.74 Å². The van der Waals surface area contributed by atoms with Gasteiger partial charge in [0.15, 0.2) is 0 Å². The number of allylic oxidation sites excluding steroid dienone is 2. The minimum absolute atomic E-state index is 0.386. The van der Waals surface area contributed by atoms with Crippen LogP contribution in [0.3, 0.4) is 0 Å². The van der Waals surface area contributed by atoms with Crippen LogP contribution in [0.5, 0.6) is 0 Å². The van der Waals surface area contributed by atoms with E-state index >= 15 is 0 Å². The summed E-state index contributed by atoms with van der Waals surface area (Å²) in [4.78, 5) is 0. The largest absolute Gasteiger partial charge is 0.494 e. The second kappa shape index (κ2) is 12.4. The van der Waals surface area contributed by atoms with Gasteiger partial charge in [-0.25, -0.2) is 0 Å². The van der Waals surface area contributed by atoms with Gasteiger partial charge in [-0.05, 0) is 62.3 Å². The van der Waals surface area contributed by atoms with E-state index in [4.69, 9.17) is 4.74 Å². The molecule has 2 atom stereocenters. The van der Waals surface area contributed by atoms with Crippen LogP contribution in [0.1, 0.15) is 89.0 Å². The summed E-state index contributed by atoms with van der Waals surface area (Å²) in [5.74, 6) is 1.73. The first-order valence-electron chi connectivity index (χ1n) is 12.8. The molecule has 2 unspecified atom stereocenters. The molecule has 31 heavy (non-hydrogen) atoms. The van der Waals surface area contributed by atoms with Gasteiger partial charge >= 0.3 is 0 Å². The first kappa shape index (κ1) is 23.4. The van der Waals surface area contributed by atoms with E-state index in [1.54, 1.807) is 0 Å². The summed E-state index contributed by atoms with van der Waals surface area (Å²) < 4.78 is 7.66. The number of nitrogens with one attached hydrogen (secondary N) is 1. The number of rotatable bonds is 3. The van der Waals surface area contributed by atoms with Crippen LogP contribution in [0.15, 0.2) is 48.2 Å². The van der Waals surface area contributed by atoms with Gasteiger partial charge < -0.3 is 10.1 Å². The van der Waals surface area contributed by atoms with E-state index in [-0.39, 0.29) is 0 Å². The molecule has 1 heterocycles. The van der Waals surface area contributed by atoms with Gasteiger partial charge in [0.2, 0.25) is 0 Å². The molecule has 1 aliphatic heterocycles. The minimum Gasteiger partial charge on any atom is -0.494 e. The van der Waals surface area contributed by atoms with Crippen LogP contribution in [0.4, 0.5) is 0 Å². The van der Waals surface area contributed by atoms with Crippen LogP contribution < -0.4 is 5.32 Å². The summed E-state index contributed by atoms with van der Waals surface area (Å²) in [5.41, 5.74) is 2.64. The van der Waals surface area contributed by atoms with E-state index in [1.165, 1.54) is 100 Å². The lowest BCUT2D eigenvalue weighted by Crippen LogP contribution is -2.39. The van der Waals surface area contributed by atoms with Crippen LogP contribution >= 0.6 is 22.6 Å². The Labute approximate surface area is 203 Å². The Kier molecular flexibility index (Phi) is 9.37. The highest BCUT2D eigenvalue weighted by Crippen LogP contribution is 2.37. The highest BCUT2D eigenvalue weighted by atomic mass is 127. The predicted molar refractivity (Wildman–Crippen MR) is 140 cm³/mol. The number of fused-ring (bicyclic) bond motifs is 1. The monoisotopic (exact) mass is 533 g/mol. The quantitative estimate of drug-likeness (QED) is 0.316. The minimum atomic E-state index is 0.386. The molecule has 1 saturated heterocycles. The number of halogens is 1. The molecule has 0 bridgehead atoms. The van der Waals surface area contributed by atoms with Crippen LogP contribution in [0.25, 0.3) is 5.57 Å². The second-order valence-corrected chi connectivity index (χ2v) is 11.5. The van der Waals surface area contributed by atoms with Crippen molar-refractivity contribution in [1.82, 2.24) is 5.32 Å². The molecule has 0 radical (unpaired) electrons. The van der Waals surface area contributed by atoms with Gasteiger partial charge in [0.25, 0.3) is 0 Å². The van der Waals surface area contributed by atoms with Crippen molar-refractivity contribution in [2.45, 2.75) is 99.5 Å².